The van der Waals surface area contributed by atoms with Crippen molar-refractivity contribution in [1.82, 2.24) is 9.21 Å². The van der Waals surface area contributed by atoms with Gasteiger partial charge in [0.05, 0.1) is 0 Å². The highest BCUT2D eigenvalue weighted by molar-refractivity contribution is 7.99. The van der Waals surface area contributed by atoms with E-state index in [4.69, 9.17) is 0 Å². The van der Waals surface area contributed by atoms with E-state index in [9.17, 15) is 0 Å². The summed E-state index contributed by atoms with van der Waals surface area (Å²) >= 11 is 3.98. The number of rotatable bonds is 4. The number of benzene rings is 2. The van der Waals surface area contributed by atoms with E-state index in [1.54, 1.807) is 0 Å². The monoisotopic (exact) mass is 356 g/mol. The zero-order valence-electron chi connectivity index (χ0n) is 14.0. The Morgan fingerprint density at radius 3 is 2.42 bits per heavy atom. The van der Waals surface area contributed by atoms with Gasteiger partial charge < -0.3 is 0 Å². The summed E-state index contributed by atoms with van der Waals surface area (Å²) in [5.41, 5.74) is 4.44. The Hall–Kier alpha value is -0.940. The fourth-order valence-electron chi connectivity index (χ4n) is 3.37. The smallest absolute Gasteiger partial charge is 0.0346 e. The molecule has 0 amide bonds. The quantitative estimate of drug-likeness (QED) is 0.753. The Morgan fingerprint density at radius 1 is 0.875 bits per heavy atom. The minimum absolute atomic E-state index is 1.05. The largest absolute Gasteiger partial charge is 0.297 e. The number of thioether (sulfide) groups is 1. The summed E-state index contributed by atoms with van der Waals surface area (Å²) in [6, 6.07) is 18.0. The van der Waals surface area contributed by atoms with Gasteiger partial charge >= 0.3 is 0 Å². The third-order valence-corrected chi connectivity index (χ3v) is 6.76. The lowest BCUT2D eigenvalue weighted by Gasteiger charge is -2.28. The van der Waals surface area contributed by atoms with Gasteiger partial charge in [-0.15, -0.1) is 0 Å². The summed E-state index contributed by atoms with van der Waals surface area (Å²) in [6.45, 7) is 5.74. The van der Waals surface area contributed by atoms with Crippen molar-refractivity contribution < 1.29 is 0 Å². The Labute approximate surface area is 153 Å². The summed E-state index contributed by atoms with van der Waals surface area (Å²) < 4.78 is 2.49. The van der Waals surface area contributed by atoms with Crippen LogP contribution in [-0.2, 0) is 19.5 Å². The first kappa shape index (κ1) is 16.5. The van der Waals surface area contributed by atoms with Gasteiger partial charge in [-0.05, 0) is 47.2 Å². The van der Waals surface area contributed by atoms with Crippen LogP contribution in [0.15, 0.2) is 53.4 Å². The van der Waals surface area contributed by atoms with Gasteiger partial charge in [-0.25, -0.2) is 4.31 Å². The molecule has 126 valence electrons. The number of hydrogen-bond donors (Lipinski definition) is 0. The molecule has 0 aliphatic carbocycles. The molecule has 2 aromatic carbocycles. The van der Waals surface area contributed by atoms with Gasteiger partial charge in [0.25, 0.3) is 0 Å². The molecule has 24 heavy (non-hydrogen) atoms. The summed E-state index contributed by atoms with van der Waals surface area (Å²) in [4.78, 5) is 3.92. The van der Waals surface area contributed by atoms with Gasteiger partial charge in [-0.2, -0.15) is 11.8 Å². The fourth-order valence-corrected chi connectivity index (χ4v) is 5.29. The number of nitrogens with zero attached hydrogens (tertiary/aromatic N) is 2. The third-order valence-electron chi connectivity index (χ3n) is 4.76. The van der Waals surface area contributed by atoms with Gasteiger partial charge in [0.1, 0.15) is 0 Å². The first-order chi connectivity index (χ1) is 11.9. The highest BCUT2D eigenvalue weighted by Crippen LogP contribution is 2.29. The molecule has 2 aliphatic rings. The molecule has 2 heterocycles. The van der Waals surface area contributed by atoms with Crippen LogP contribution >= 0.6 is 23.7 Å². The molecule has 0 spiro atoms. The predicted octanol–water partition coefficient (Wildman–Crippen LogP) is 4.30. The zero-order chi connectivity index (χ0) is 16.2. The average molecular weight is 357 g/mol. The second-order valence-corrected chi connectivity index (χ2v) is 8.90. The predicted molar refractivity (Wildman–Crippen MR) is 105 cm³/mol. The van der Waals surface area contributed by atoms with E-state index in [0.29, 0.717) is 0 Å². The summed E-state index contributed by atoms with van der Waals surface area (Å²) in [7, 11) is 0. The van der Waals surface area contributed by atoms with Crippen molar-refractivity contribution >= 4 is 23.7 Å². The molecule has 0 saturated carbocycles. The first-order valence-electron chi connectivity index (χ1n) is 8.75. The molecule has 0 bridgehead atoms. The van der Waals surface area contributed by atoms with E-state index in [-0.39, 0.29) is 0 Å². The van der Waals surface area contributed by atoms with E-state index >= 15 is 0 Å². The maximum atomic E-state index is 2.57. The molecule has 2 aliphatic heterocycles. The lowest BCUT2D eigenvalue weighted by atomic mass is 10.0. The lowest BCUT2D eigenvalue weighted by molar-refractivity contribution is 0.294. The van der Waals surface area contributed by atoms with Crippen molar-refractivity contribution in [2.75, 3.05) is 31.1 Å². The van der Waals surface area contributed by atoms with Crippen LogP contribution in [0.5, 0.6) is 0 Å². The summed E-state index contributed by atoms with van der Waals surface area (Å²) in [6.07, 6.45) is 1.16. The second-order valence-electron chi connectivity index (χ2n) is 6.51. The molecule has 0 unspecified atom stereocenters. The zero-order valence-corrected chi connectivity index (χ0v) is 15.6. The maximum Gasteiger partial charge on any atom is 0.0346 e. The van der Waals surface area contributed by atoms with Crippen LogP contribution in [0.1, 0.15) is 16.7 Å². The molecular formula is C20H24N2S2. The SMILES string of the molecule is c1ccc2c(c1)CCN(Sc1ccc(CN3CCSCC3)cc1)C2. The fraction of sp³-hybridized carbons (Fsp3) is 0.400. The Bertz CT molecular complexity index is 666. The van der Waals surface area contributed by atoms with Gasteiger partial charge in [0, 0.05) is 49.1 Å². The Kier molecular flexibility index (Phi) is 5.48. The molecule has 2 nitrogen and oxygen atoms in total. The standard InChI is InChI=1S/C20H24N2S2/c1-2-4-19-16-22(10-9-18(19)3-1)24-20-7-5-17(6-8-20)15-21-11-13-23-14-12-21/h1-8H,9-16H2. The van der Waals surface area contributed by atoms with E-state index in [1.807, 2.05) is 11.9 Å². The maximum absolute atomic E-state index is 2.57. The van der Waals surface area contributed by atoms with Crippen molar-refractivity contribution in [3.63, 3.8) is 0 Å². The minimum atomic E-state index is 1.05. The van der Waals surface area contributed by atoms with Crippen LogP contribution in [-0.4, -0.2) is 40.3 Å². The summed E-state index contributed by atoms with van der Waals surface area (Å²) in [5, 5.41) is 0. The van der Waals surface area contributed by atoms with Gasteiger partial charge in [0.2, 0.25) is 0 Å². The van der Waals surface area contributed by atoms with Gasteiger partial charge in [0.15, 0.2) is 0 Å². The van der Waals surface area contributed by atoms with Crippen LogP contribution in [0.3, 0.4) is 0 Å². The van der Waals surface area contributed by atoms with Crippen molar-refractivity contribution in [3.8, 4) is 0 Å². The van der Waals surface area contributed by atoms with E-state index in [2.05, 4.69) is 69.5 Å². The van der Waals surface area contributed by atoms with Crippen molar-refractivity contribution in [2.24, 2.45) is 0 Å². The van der Waals surface area contributed by atoms with Crippen LogP contribution in [0.2, 0.25) is 0 Å². The van der Waals surface area contributed by atoms with Crippen LogP contribution in [0.4, 0.5) is 0 Å². The van der Waals surface area contributed by atoms with Crippen molar-refractivity contribution in [3.05, 3.63) is 65.2 Å². The summed E-state index contributed by atoms with van der Waals surface area (Å²) in [5.74, 6) is 2.56. The first-order valence-corrected chi connectivity index (χ1v) is 10.7. The van der Waals surface area contributed by atoms with Crippen LogP contribution < -0.4 is 0 Å². The third kappa shape index (κ3) is 4.17. The average Bonchev–Trinajstić information content (AvgIpc) is 2.64. The molecule has 0 aromatic heterocycles. The topological polar surface area (TPSA) is 6.48 Å². The highest BCUT2D eigenvalue weighted by Gasteiger charge is 2.16. The van der Waals surface area contributed by atoms with Crippen molar-refractivity contribution in [2.45, 2.75) is 24.4 Å². The lowest BCUT2D eigenvalue weighted by Crippen LogP contribution is -2.31. The molecule has 1 saturated heterocycles. The Morgan fingerprint density at radius 2 is 1.62 bits per heavy atom. The highest BCUT2D eigenvalue weighted by atomic mass is 32.2. The number of fused-ring (bicyclic) bond motifs is 1. The molecule has 0 radical (unpaired) electrons. The minimum Gasteiger partial charge on any atom is -0.297 e. The normalized spacial score (nSPS) is 19.2. The second kappa shape index (κ2) is 7.96. The molecule has 0 N–H and O–H groups in total. The molecule has 4 rings (SSSR count). The number of hydrogen-bond acceptors (Lipinski definition) is 4. The van der Waals surface area contributed by atoms with Gasteiger partial charge in [-0.1, -0.05) is 36.4 Å². The van der Waals surface area contributed by atoms with Gasteiger partial charge in [-0.3, -0.25) is 4.90 Å². The molecule has 1 fully saturated rings. The molecule has 2 aromatic rings. The Balaban J connectivity index is 1.34. The molecule has 0 atom stereocenters. The van der Waals surface area contributed by atoms with E-state index < -0.39 is 0 Å². The molecular weight excluding hydrogens is 332 g/mol. The van der Waals surface area contributed by atoms with Crippen molar-refractivity contribution in [1.29, 1.82) is 0 Å². The van der Waals surface area contributed by atoms with E-state index in [1.165, 1.54) is 46.2 Å². The van der Waals surface area contributed by atoms with Crippen LogP contribution in [0.25, 0.3) is 0 Å². The van der Waals surface area contributed by atoms with E-state index in [0.717, 1.165) is 26.1 Å². The van der Waals surface area contributed by atoms with Crippen LogP contribution in [0, 0.1) is 0 Å². The molecule has 4 heteroatoms.